The molecule has 0 saturated heterocycles. The van der Waals surface area contributed by atoms with Crippen molar-refractivity contribution in [3.8, 4) is 0 Å². The molecule has 58 valence electrons. The molecule has 0 aromatic rings. The van der Waals surface area contributed by atoms with E-state index in [1.807, 2.05) is 0 Å². The fraction of sp³-hybridized carbons (Fsp3) is 0.400. The Kier molecular flexibility index (Phi) is 4.66. The number of alkyl halides is 1. The van der Waals surface area contributed by atoms with E-state index < -0.39 is 6.09 Å². The number of hydrogen-bond acceptors (Lipinski definition) is 2. The van der Waals surface area contributed by atoms with Gasteiger partial charge in [0.1, 0.15) is 6.61 Å². The second-order valence-electron chi connectivity index (χ2n) is 1.51. The van der Waals surface area contributed by atoms with Crippen LogP contribution >= 0.6 is 11.6 Å². The number of hydrogen-bond donors (Lipinski definition) is 1. The number of halogens is 2. The highest BCUT2D eigenvalue weighted by molar-refractivity contribution is 6.19. The van der Waals surface area contributed by atoms with Crippen LogP contribution in [0.4, 0.5) is 9.18 Å². The number of ether oxygens (including phenoxy) is 1. The summed E-state index contributed by atoms with van der Waals surface area (Å²) in [4.78, 5) is 9.94. The monoisotopic (exact) mass is 167 g/mol. The van der Waals surface area contributed by atoms with Crippen molar-refractivity contribution in [2.24, 2.45) is 5.73 Å². The lowest BCUT2D eigenvalue weighted by Crippen LogP contribution is -2.14. The zero-order chi connectivity index (χ0) is 7.98. The molecule has 0 aromatic heterocycles. The zero-order valence-corrected chi connectivity index (χ0v) is 5.90. The Morgan fingerprint density at radius 2 is 2.40 bits per heavy atom. The fourth-order valence-corrected chi connectivity index (χ4v) is 0.399. The van der Waals surface area contributed by atoms with Gasteiger partial charge in [0, 0.05) is 11.5 Å². The number of carbonyl (C=O) groups is 1. The lowest BCUT2D eigenvalue weighted by atomic mass is 10.4. The number of carbonyl (C=O) groups excluding carboxylic acids is 1. The average molecular weight is 168 g/mol. The predicted molar refractivity (Wildman–Crippen MR) is 35.4 cm³/mol. The summed E-state index contributed by atoms with van der Waals surface area (Å²) in [7, 11) is 0. The maximum absolute atomic E-state index is 11.6. The van der Waals surface area contributed by atoms with Gasteiger partial charge in [0.25, 0.3) is 0 Å². The van der Waals surface area contributed by atoms with E-state index in [0.29, 0.717) is 0 Å². The normalized spacial score (nSPS) is 11.2. The molecule has 0 saturated carbocycles. The van der Waals surface area contributed by atoms with Crippen LogP contribution < -0.4 is 5.73 Å². The first kappa shape index (κ1) is 9.23. The Hall–Kier alpha value is -0.770. The van der Waals surface area contributed by atoms with Gasteiger partial charge in [0.05, 0.1) is 6.33 Å². The van der Waals surface area contributed by atoms with E-state index in [1.54, 1.807) is 0 Å². The molecule has 0 bridgehead atoms. The zero-order valence-electron chi connectivity index (χ0n) is 5.14. The molecule has 5 heteroatoms. The van der Waals surface area contributed by atoms with Crippen LogP contribution in [0.3, 0.4) is 0 Å². The Bertz CT molecular complexity index is 149. The van der Waals surface area contributed by atoms with Crippen molar-refractivity contribution in [2.45, 2.75) is 0 Å². The summed E-state index contributed by atoms with van der Waals surface area (Å²) < 4.78 is 15.9. The summed E-state index contributed by atoms with van der Waals surface area (Å²) in [6.45, 7) is -0.185. The fourth-order valence-electron chi connectivity index (χ4n) is 0.263. The first-order chi connectivity index (χ1) is 4.70. The van der Waals surface area contributed by atoms with Crippen LogP contribution in [0.2, 0.25) is 0 Å². The van der Waals surface area contributed by atoms with E-state index in [0.717, 1.165) is 0 Å². The van der Waals surface area contributed by atoms with Gasteiger partial charge in [0.2, 0.25) is 0 Å². The molecule has 0 aliphatic rings. The van der Waals surface area contributed by atoms with Gasteiger partial charge in [-0.15, -0.1) is 11.6 Å². The standard InChI is InChI=1S/C5H7ClFNO2/c6-1-4(2-7)3-10-5(8)9/h2H,1,3H2,(H2,8,9). The van der Waals surface area contributed by atoms with Gasteiger partial charge in [-0.25, -0.2) is 9.18 Å². The van der Waals surface area contributed by atoms with Crippen molar-refractivity contribution in [1.82, 2.24) is 0 Å². The molecule has 0 aliphatic heterocycles. The molecular weight excluding hydrogens is 161 g/mol. The van der Waals surface area contributed by atoms with Crippen LogP contribution in [-0.4, -0.2) is 18.6 Å². The van der Waals surface area contributed by atoms with E-state index in [-0.39, 0.29) is 24.4 Å². The maximum atomic E-state index is 11.6. The summed E-state index contributed by atoms with van der Waals surface area (Å²) in [6.07, 6.45) is -0.653. The minimum Gasteiger partial charge on any atom is -0.445 e. The van der Waals surface area contributed by atoms with E-state index in [9.17, 15) is 9.18 Å². The van der Waals surface area contributed by atoms with Crippen LogP contribution in [0, 0.1) is 0 Å². The molecule has 0 atom stereocenters. The number of nitrogens with two attached hydrogens (primary N) is 1. The lowest BCUT2D eigenvalue weighted by Gasteiger charge is -1.99. The van der Waals surface area contributed by atoms with Crippen molar-refractivity contribution in [3.05, 3.63) is 11.9 Å². The van der Waals surface area contributed by atoms with Gasteiger partial charge < -0.3 is 10.5 Å². The van der Waals surface area contributed by atoms with Gasteiger partial charge >= 0.3 is 6.09 Å². The topological polar surface area (TPSA) is 52.3 Å². The molecule has 1 amide bonds. The van der Waals surface area contributed by atoms with Crippen LogP contribution in [-0.2, 0) is 4.74 Å². The van der Waals surface area contributed by atoms with Crippen LogP contribution in [0.5, 0.6) is 0 Å². The van der Waals surface area contributed by atoms with Crippen LogP contribution in [0.15, 0.2) is 11.9 Å². The smallest absolute Gasteiger partial charge is 0.404 e. The molecule has 0 unspecified atom stereocenters. The Balaban J connectivity index is 3.56. The highest BCUT2D eigenvalue weighted by Crippen LogP contribution is 1.98. The van der Waals surface area contributed by atoms with Gasteiger partial charge in [-0.05, 0) is 0 Å². The van der Waals surface area contributed by atoms with Gasteiger partial charge in [-0.2, -0.15) is 0 Å². The molecule has 10 heavy (non-hydrogen) atoms. The molecule has 2 N–H and O–H groups in total. The summed E-state index contributed by atoms with van der Waals surface area (Å²) in [5.41, 5.74) is 4.78. The van der Waals surface area contributed by atoms with Gasteiger partial charge in [-0.3, -0.25) is 0 Å². The molecule has 0 aliphatic carbocycles. The minimum absolute atomic E-state index is 0.0101. The third kappa shape index (κ3) is 4.14. The van der Waals surface area contributed by atoms with Crippen molar-refractivity contribution in [1.29, 1.82) is 0 Å². The maximum Gasteiger partial charge on any atom is 0.404 e. The predicted octanol–water partition coefficient (Wildman–Crippen LogP) is 1.17. The second-order valence-corrected chi connectivity index (χ2v) is 1.78. The molecule has 0 spiro atoms. The van der Waals surface area contributed by atoms with Crippen molar-refractivity contribution < 1.29 is 13.9 Å². The lowest BCUT2D eigenvalue weighted by molar-refractivity contribution is 0.166. The van der Waals surface area contributed by atoms with E-state index >= 15 is 0 Å². The van der Waals surface area contributed by atoms with Gasteiger partial charge in [0.15, 0.2) is 0 Å². The van der Waals surface area contributed by atoms with E-state index in [4.69, 9.17) is 11.6 Å². The molecule has 0 heterocycles. The van der Waals surface area contributed by atoms with Crippen molar-refractivity contribution >= 4 is 17.7 Å². The molecular formula is C5H7ClFNO2. The van der Waals surface area contributed by atoms with Gasteiger partial charge in [-0.1, -0.05) is 0 Å². The van der Waals surface area contributed by atoms with Crippen molar-refractivity contribution in [2.75, 3.05) is 12.5 Å². The third-order valence-electron chi connectivity index (χ3n) is 0.726. The Morgan fingerprint density at radius 3 is 2.70 bits per heavy atom. The average Bonchev–Trinajstić information content (AvgIpc) is 1.90. The first-order valence-corrected chi connectivity index (χ1v) is 3.00. The third-order valence-corrected chi connectivity index (χ3v) is 1.07. The summed E-state index contributed by atoms with van der Waals surface area (Å²) >= 11 is 5.21. The number of amides is 1. The molecule has 0 rings (SSSR count). The summed E-state index contributed by atoms with van der Waals surface area (Å²) in [6, 6.07) is 0. The molecule has 3 nitrogen and oxygen atoms in total. The van der Waals surface area contributed by atoms with Crippen molar-refractivity contribution in [3.63, 3.8) is 0 Å². The molecule has 0 fully saturated rings. The van der Waals surface area contributed by atoms with Crippen LogP contribution in [0.1, 0.15) is 0 Å². The number of rotatable bonds is 3. The summed E-state index contributed by atoms with van der Waals surface area (Å²) in [5.74, 6) is -0.0101. The highest BCUT2D eigenvalue weighted by Gasteiger charge is 1.98. The Labute approximate surface area is 62.6 Å². The second kappa shape index (κ2) is 5.05. The summed E-state index contributed by atoms with van der Waals surface area (Å²) in [5, 5.41) is 0. The highest BCUT2D eigenvalue weighted by atomic mass is 35.5. The van der Waals surface area contributed by atoms with E-state index in [2.05, 4.69) is 10.5 Å². The number of primary amides is 1. The largest absolute Gasteiger partial charge is 0.445 e. The Morgan fingerprint density at radius 1 is 1.80 bits per heavy atom. The minimum atomic E-state index is -0.940. The van der Waals surface area contributed by atoms with Crippen LogP contribution in [0.25, 0.3) is 0 Å². The SMILES string of the molecule is NC(=O)OCC(=CF)CCl. The molecule has 0 aromatic carbocycles. The van der Waals surface area contributed by atoms with E-state index in [1.165, 1.54) is 0 Å². The first-order valence-electron chi connectivity index (χ1n) is 2.47. The molecule has 0 radical (unpaired) electrons. The quantitative estimate of drug-likeness (QED) is 0.642.